The number of aliphatic hydroxyl groups is 1. The second kappa shape index (κ2) is 8.41. The van der Waals surface area contributed by atoms with Crippen LogP contribution in [0.1, 0.15) is 44.1 Å². The van der Waals surface area contributed by atoms with Gasteiger partial charge in [-0.2, -0.15) is 0 Å². The van der Waals surface area contributed by atoms with E-state index in [1.807, 2.05) is 35.0 Å². The van der Waals surface area contributed by atoms with Crippen molar-refractivity contribution in [3.05, 3.63) is 23.8 Å². The molecule has 2 heterocycles. The molecule has 0 bridgehead atoms. The van der Waals surface area contributed by atoms with Crippen LogP contribution in [-0.2, 0) is 16.1 Å². The summed E-state index contributed by atoms with van der Waals surface area (Å²) in [4.78, 5) is 32.2. The van der Waals surface area contributed by atoms with Crippen LogP contribution >= 0.6 is 0 Å². The van der Waals surface area contributed by atoms with Gasteiger partial charge >= 0.3 is 0 Å². The van der Waals surface area contributed by atoms with Gasteiger partial charge in [-0.15, -0.1) is 0 Å². The second-order valence-corrected chi connectivity index (χ2v) is 8.05. The topological polar surface area (TPSA) is 94.5 Å². The number of aliphatic hydroxyl groups excluding tert-OH is 1. The minimum absolute atomic E-state index is 0.0351. The Morgan fingerprint density at radius 3 is 2.90 bits per heavy atom. The van der Waals surface area contributed by atoms with Gasteiger partial charge in [0.05, 0.1) is 18.4 Å². The Morgan fingerprint density at radius 1 is 1.31 bits per heavy atom. The average Bonchev–Trinajstić information content (AvgIpc) is 3.08. The number of amides is 2. The van der Waals surface area contributed by atoms with E-state index in [1.54, 1.807) is 0 Å². The Kier molecular flexibility index (Phi) is 5.71. The molecule has 1 saturated heterocycles. The molecule has 2 N–H and O–H groups in total. The van der Waals surface area contributed by atoms with Crippen molar-refractivity contribution in [2.75, 3.05) is 20.2 Å². The molecule has 4 rings (SSSR count). The van der Waals surface area contributed by atoms with Crippen LogP contribution in [-0.4, -0.2) is 65.0 Å². The summed E-state index contributed by atoms with van der Waals surface area (Å²) in [5.41, 5.74) is 1.87. The van der Waals surface area contributed by atoms with Crippen molar-refractivity contribution in [1.29, 1.82) is 0 Å². The zero-order chi connectivity index (χ0) is 20.4. The highest BCUT2D eigenvalue weighted by Crippen LogP contribution is 2.30. The SMILES string of the molecule is CN(C(=O)CCCOc1ccc2c(c1)CN1CC(=O)NC1=N2)C1CCC(O)CC1. The highest BCUT2D eigenvalue weighted by atomic mass is 16.5. The van der Waals surface area contributed by atoms with Gasteiger partial charge in [-0.1, -0.05) is 0 Å². The number of aliphatic imine (C=N–C) groups is 1. The number of ether oxygens (including phenoxy) is 1. The first-order valence-corrected chi connectivity index (χ1v) is 10.3. The number of hydrogen-bond acceptors (Lipinski definition) is 6. The number of nitrogens with zero attached hydrogens (tertiary/aromatic N) is 3. The molecular weight excluding hydrogens is 372 g/mol. The summed E-state index contributed by atoms with van der Waals surface area (Å²) in [7, 11) is 1.86. The van der Waals surface area contributed by atoms with Gasteiger partial charge in [-0.25, -0.2) is 4.99 Å². The van der Waals surface area contributed by atoms with Crippen LogP contribution < -0.4 is 10.1 Å². The maximum absolute atomic E-state index is 12.4. The van der Waals surface area contributed by atoms with Crippen LogP contribution in [0.25, 0.3) is 0 Å². The Hall–Kier alpha value is -2.61. The van der Waals surface area contributed by atoms with Crippen molar-refractivity contribution in [2.45, 2.75) is 57.2 Å². The fourth-order valence-electron chi connectivity index (χ4n) is 4.17. The summed E-state index contributed by atoms with van der Waals surface area (Å²) in [5, 5.41) is 12.4. The van der Waals surface area contributed by atoms with Gasteiger partial charge < -0.3 is 19.6 Å². The number of guanidine groups is 1. The number of rotatable bonds is 6. The summed E-state index contributed by atoms with van der Waals surface area (Å²) in [6, 6.07) is 5.97. The fourth-order valence-corrected chi connectivity index (χ4v) is 4.17. The van der Waals surface area contributed by atoms with Crippen molar-refractivity contribution >= 4 is 23.5 Å². The van der Waals surface area contributed by atoms with Crippen LogP contribution in [0.2, 0.25) is 0 Å². The Labute approximate surface area is 170 Å². The molecule has 1 aromatic rings. The molecule has 0 spiro atoms. The first kappa shape index (κ1) is 19.7. The van der Waals surface area contributed by atoms with E-state index in [2.05, 4.69) is 10.3 Å². The van der Waals surface area contributed by atoms with Crippen LogP contribution in [0.5, 0.6) is 5.75 Å². The molecular formula is C21H28N4O4. The van der Waals surface area contributed by atoms with Crippen molar-refractivity contribution in [3.8, 4) is 5.75 Å². The minimum Gasteiger partial charge on any atom is -0.494 e. The third-order valence-corrected chi connectivity index (χ3v) is 5.93. The standard InChI is InChI=1S/C21H28N4O4/c1-24(15-4-6-16(26)7-5-15)20(28)3-2-10-29-17-8-9-18-14(11-17)12-25-13-19(27)23-21(25)22-18/h8-9,11,15-16,26H,2-7,10,12-13H2,1H3,(H,22,23,27). The molecule has 8 heteroatoms. The quantitative estimate of drug-likeness (QED) is 0.707. The van der Waals surface area contributed by atoms with Crippen LogP contribution in [0, 0.1) is 0 Å². The van der Waals surface area contributed by atoms with E-state index >= 15 is 0 Å². The van der Waals surface area contributed by atoms with Gasteiger partial charge in [0.15, 0.2) is 0 Å². The Balaban J connectivity index is 1.23. The lowest BCUT2D eigenvalue weighted by Crippen LogP contribution is -2.40. The molecule has 29 heavy (non-hydrogen) atoms. The predicted octanol–water partition coefficient (Wildman–Crippen LogP) is 1.54. The average molecular weight is 400 g/mol. The number of hydrogen-bond donors (Lipinski definition) is 2. The van der Waals surface area contributed by atoms with Gasteiger partial charge in [0.1, 0.15) is 12.3 Å². The summed E-state index contributed by atoms with van der Waals surface area (Å²) < 4.78 is 5.84. The fraction of sp³-hybridized carbons (Fsp3) is 0.571. The zero-order valence-corrected chi connectivity index (χ0v) is 16.8. The Morgan fingerprint density at radius 2 is 2.10 bits per heavy atom. The van der Waals surface area contributed by atoms with Crippen LogP contribution in [0.4, 0.5) is 5.69 Å². The molecule has 3 aliphatic rings. The van der Waals surface area contributed by atoms with Crippen LogP contribution in [0.3, 0.4) is 0 Å². The van der Waals surface area contributed by atoms with E-state index in [0.717, 1.165) is 42.7 Å². The number of carbonyl (C=O) groups excluding carboxylic acids is 2. The maximum Gasteiger partial charge on any atom is 0.246 e. The lowest BCUT2D eigenvalue weighted by molar-refractivity contribution is -0.133. The maximum atomic E-state index is 12.4. The lowest BCUT2D eigenvalue weighted by atomic mass is 9.92. The summed E-state index contributed by atoms with van der Waals surface area (Å²) >= 11 is 0. The van der Waals surface area contributed by atoms with Gasteiger partial charge in [-0.05, 0) is 50.3 Å². The highest BCUT2D eigenvalue weighted by Gasteiger charge is 2.29. The molecule has 2 fully saturated rings. The molecule has 0 aromatic heterocycles. The molecule has 1 aliphatic carbocycles. The van der Waals surface area contributed by atoms with Gasteiger partial charge in [0, 0.05) is 31.6 Å². The molecule has 156 valence electrons. The van der Waals surface area contributed by atoms with Crippen LogP contribution in [0.15, 0.2) is 23.2 Å². The van der Waals surface area contributed by atoms with E-state index in [-0.39, 0.29) is 24.0 Å². The van der Waals surface area contributed by atoms with Gasteiger partial charge in [0.25, 0.3) is 0 Å². The molecule has 0 radical (unpaired) electrons. The van der Waals surface area contributed by atoms with E-state index < -0.39 is 0 Å². The monoisotopic (exact) mass is 400 g/mol. The number of carbonyl (C=O) groups is 2. The van der Waals surface area contributed by atoms with E-state index in [0.29, 0.717) is 38.5 Å². The normalized spacial score (nSPS) is 23.0. The lowest BCUT2D eigenvalue weighted by Gasteiger charge is -2.33. The van der Waals surface area contributed by atoms with Gasteiger partial charge in [-0.3, -0.25) is 14.9 Å². The molecule has 1 saturated carbocycles. The van der Waals surface area contributed by atoms with Gasteiger partial charge in [0.2, 0.25) is 17.8 Å². The third-order valence-electron chi connectivity index (χ3n) is 5.93. The van der Waals surface area contributed by atoms with Crippen molar-refractivity contribution in [2.24, 2.45) is 4.99 Å². The largest absolute Gasteiger partial charge is 0.494 e. The smallest absolute Gasteiger partial charge is 0.246 e. The molecule has 1 aromatic carbocycles. The molecule has 0 atom stereocenters. The molecule has 2 aliphatic heterocycles. The molecule has 8 nitrogen and oxygen atoms in total. The summed E-state index contributed by atoms with van der Waals surface area (Å²) in [5.74, 6) is 1.47. The summed E-state index contributed by atoms with van der Waals surface area (Å²) in [6.45, 7) is 1.43. The number of nitrogens with one attached hydrogen (secondary N) is 1. The van der Waals surface area contributed by atoms with E-state index in [1.165, 1.54) is 0 Å². The second-order valence-electron chi connectivity index (χ2n) is 8.05. The van der Waals surface area contributed by atoms with Crippen molar-refractivity contribution in [3.63, 3.8) is 0 Å². The minimum atomic E-state index is -0.209. The summed E-state index contributed by atoms with van der Waals surface area (Å²) in [6.07, 6.45) is 4.19. The highest BCUT2D eigenvalue weighted by molar-refractivity contribution is 6.05. The number of benzene rings is 1. The van der Waals surface area contributed by atoms with Crippen molar-refractivity contribution < 1.29 is 19.4 Å². The zero-order valence-electron chi connectivity index (χ0n) is 16.8. The number of fused-ring (bicyclic) bond motifs is 2. The first-order valence-electron chi connectivity index (χ1n) is 10.3. The molecule has 2 amide bonds. The third kappa shape index (κ3) is 4.53. The van der Waals surface area contributed by atoms with E-state index in [4.69, 9.17) is 4.74 Å². The van der Waals surface area contributed by atoms with E-state index in [9.17, 15) is 14.7 Å². The predicted molar refractivity (Wildman–Crippen MR) is 108 cm³/mol. The first-order chi connectivity index (χ1) is 14.0. The van der Waals surface area contributed by atoms with Crippen molar-refractivity contribution in [1.82, 2.24) is 15.1 Å². The Bertz CT molecular complexity index is 817. The molecule has 0 unspecified atom stereocenters.